The lowest BCUT2D eigenvalue weighted by molar-refractivity contribution is 0.373. The van der Waals surface area contributed by atoms with Crippen molar-refractivity contribution in [1.82, 2.24) is 14.9 Å². The monoisotopic (exact) mass is 295 g/mol. The predicted octanol–water partition coefficient (Wildman–Crippen LogP) is 2.43. The van der Waals surface area contributed by atoms with Crippen LogP contribution in [-0.2, 0) is 0 Å². The number of phenolic OH excluding ortho intramolecular Hbond substituents is 1. The van der Waals surface area contributed by atoms with Gasteiger partial charge in [0, 0.05) is 12.6 Å². The molecule has 1 fully saturated rings. The normalized spacial score (nSPS) is 20.9. The molecule has 0 aliphatic carbocycles. The Labute approximate surface area is 108 Å². The van der Waals surface area contributed by atoms with Crippen LogP contribution < -0.4 is 5.32 Å². The summed E-state index contributed by atoms with van der Waals surface area (Å²) in [6, 6.07) is 5.94. The van der Waals surface area contributed by atoms with Crippen LogP contribution >= 0.6 is 15.9 Å². The number of rotatable bonds is 1. The van der Waals surface area contributed by atoms with Crippen LogP contribution in [0.3, 0.4) is 0 Å². The Balaban J connectivity index is 2.14. The molecule has 1 saturated heterocycles. The highest BCUT2D eigenvalue weighted by Gasteiger charge is 2.20. The van der Waals surface area contributed by atoms with Crippen LogP contribution in [0.2, 0.25) is 0 Å². The van der Waals surface area contributed by atoms with E-state index in [4.69, 9.17) is 0 Å². The van der Waals surface area contributed by atoms with Crippen molar-refractivity contribution in [1.29, 1.82) is 0 Å². The van der Waals surface area contributed by atoms with Gasteiger partial charge in [0.05, 0.1) is 5.52 Å². The van der Waals surface area contributed by atoms with Gasteiger partial charge in [0.25, 0.3) is 0 Å². The quantitative estimate of drug-likeness (QED) is 0.850. The van der Waals surface area contributed by atoms with E-state index < -0.39 is 0 Å². The zero-order valence-electron chi connectivity index (χ0n) is 9.36. The summed E-state index contributed by atoms with van der Waals surface area (Å²) in [6.45, 7) is 2.05. The summed E-state index contributed by atoms with van der Waals surface area (Å²) in [6.07, 6.45) is 2.32. The van der Waals surface area contributed by atoms with Gasteiger partial charge in [-0.1, -0.05) is 6.07 Å². The van der Waals surface area contributed by atoms with Gasteiger partial charge in [-0.15, -0.1) is 0 Å². The summed E-state index contributed by atoms with van der Waals surface area (Å²) in [7, 11) is 0. The van der Waals surface area contributed by atoms with E-state index in [1.165, 1.54) is 6.42 Å². The summed E-state index contributed by atoms with van der Waals surface area (Å²) in [5.41, 5.74) is 1.66. The van der Waals surface area contributed by atoms with Crippen molar-refractivity contribution in [2.45, 2.75) is 18.9 Å². The van der Waals surface area contributed by atoms with Gasteiger partial charge in [-0.25, -0.2) is 4.98 Å². The molecule has 0 spiro atoms. The maximum Gasteiger partial charge on any atom is 0.178 e. The molecule has 2 heterocycles. The second kappa shape index (κ2) is 4.31. The number of hydrogen-bond donors (Lipinski definition) is 2. The van der Waals surface area contributed by atoms with Crippen LogP contribution in [0, 0.1) is 0 Å². The molecule has 0 amide bonds. The molecule has 1 aromatic heterocycles. The minimum Gasteiger partial charge on any atom is -0.506 e. The molecule has 1 unspecified atom stereocenters. The number of nitrogens with zero attached hydrogens (tertiary/aromatic N) is 2. The lowest BCUT2D eigenvalue weighted by Gasteiger charge is -2.25. The SMILES string of the molecule is Oc1cccc2c1nc(Br)n2C1CCCNC1. The minimum absolute atomic E-state index is 0.241. The Morgan fingerprint density at radius 3 is 3.12 bits per heavy atom. The van der Waals surface area contributed by atoms with Crippen LogP contribution in [-0.4, -0.2) is 27.7 Å². The Morgan fingerprint density at radius 2 is 2.35 bits per heavy atom. The third-order valence-electron chi connectivity index (χ3n) is 3.29. The Bertz CT molecular complexity index is 546. The lowest BCUT2D eigenvalue weighted by Crippen LogP contribution is -2.31. The molecule has 17 heavy (non-hydrogen) atoms. The Morgan fingerprint density at radius 1 is 1.47 bits per heavy atom. The van der Waals surface area contributed by atoms with Crippen molar-refractivity contribution in [3.05, 3.63) is 22.9 Å². The summed E-state index contributed by atoms with van der Waals surface area (Å²) < 4.78 is 2.96. The maximum atomic E-state index is 9.80. The van der Waals surface area contributed by atoms with Gasteiger partial charge >= 0.3 is 0 Å². The van der Waals surface area contributed by atoms with Crippen molar-refractivity contribution >= 4 is 27.0 Å². The predicted molar refractivity (Wildman–Crippen MR) is 70.2 cm³/mol. The zero-order chi connectivity index (χ0) is 11.8. The standard InChI is InChI=1S/C12H14BrN3O/c13-12-15-11-9(4-1-5-10(11)17)16(12)8-3-2-6-14-7-8/h1,4-5,8,14,17H,2-3,6-7H2. The first-order valence-electron chi connectivity index (χ1n) is 5.83. The molecule has 1 aliphatic heterocycles. The van der Waals surface area contributed by atoms with E-state index in [1.807, 2.05) is 12.1 Å². The largest absolute Gasteiger partial charge is 0.506 e. The fourth-order valence-electron chi connectivity index (χ4n) is 2.48. The summed E-state index contributed by atoms with van der Waals surface area (Å²) in [4.78, 5) is 4.39. The molecule has 2 N–H and O–H groups in total. The van der Waals surface area contributed by atoms with Gasteiger partial charge in [-0.3, -0.25) is 0 Å². The Hall–Kier alpha value is -1.07. The van der Waals surface area contributed by atoms with Crippen LogP contribution in [0.1, 0.15) is 18.9 Å². The zero-order valence-corrected chi connectivity index (χ0v) is 10.9. The molecule has 1 aliphatic rings. The molecule has 0 bridgehead atoms. The van der Waals surface area contributed by atoms with Crippen molar-refractivity contribution in [3.8, 4) is 5.75 Å². The molecule has 5 heteroatoms. The third-order valence-corrected chi connectivity index (χ3v) is 3.85. The van der Waals surface area contributed by atoms with Gasteiger partial charge in [-0.05, 0) is 47.4 Å². The lowest BCUT2D eigenvalue weighted by atomic mass is 10.1. The van der Waals surface area contributed by atoms with E-state index in [9.17, 15) is 5.11 Å². The Kier molecular flexibility index (Phi) is 2.80. The van der Waals surface area contributed by atoms with Gasteiger partial charge < -0.3 is 15.0 Å². The summed E-state index contributed by atoms with van der Waals surface area (Å²) in [5, 5.41) is 13.2. The number of nitrogens with one attached hydrogen (secondary N) is 1. The number of piperidine rings is 1. The first-order chi connectivity index (χ1) is 8.27. The highest BCUT2D eigenvalue weighted by atomic mass is 79.9. The molecule has 0 saturated carbocycles. The molecule has 1 atom stereocenters. The minimum atomic E-state index is 0.241. The third kappa shape index (κ3) is 1.83. The van der Waals surface area contributed by atoms with Gasteiger partial charge in [0.2, 0.25) is 0 Å². The van der Waals surface area contributed by atoms with E-state index >= 15 is 0 Å². The number of aromatic hydroxyl groups is 1. The van der Waals surface area contributed by atoms with Crippen LogP contribution in [0.15, 0.2) is 22.9 Å². The summed E-state index contributed by atoms with van der Waals surface area (Å²) >= 11 is 3.49. The van der Waals surface area contributed by atoms with E-state index in [0.29, 0.717) is 11.6 Å². The molecular formula is C12H14BrN3O. The van der Waals surface area contributed by atoms with Crippen LogP contribution in [0.25, 0.3) is 11.0 Å². The first kappa shape index (κ1) is 11.0. The number of halogens is 1. The van der Waals surface area contributed by atoms with Crippen molar-refractivity contribution in [2.24, 2.45) is 0 Å². The van der Waals surface area contributed by atoms with Crippen LogP contribution in [0.5, 0.6) is 5.75 Å². The first-order valence-corrected chi connectivity index (χ1v) is 6.63. The molecular weight excluding hydrogens is 282 g/mol. The highest BCUT2D eigenvalue weighted by molar-refractivity contribution is 9.10. The van der Waals surface area contributed by atoms with Crippen LogP contribution in [0.4, 0.5) is 0 Å². The number of fused-ring (bicyclic) bond motifs is 1. The van der Waals surface area contributed by atoms with E-state index in [2.05, 4.69) is 30.8 Å². The van der Waals surface area contributed by atoms with E-state index in [-0.39, 0.29) is 5.75 Å². The average molecular weight is 296 g/mol. The molecule has 4 nitrogen and oxygen atoms in total. The fourth-order valence-corrected chi connectivity index (χ4v) is 3.13. The second-order valence-electron chi connectivity index (χ2n) is 4.40. The number of imidazole rings is 1. The smallest absolute Gasteiger partial charge is 0.178 e. The number of benzene rings is 1. The maximum absolute atomic E-state index is 9.80. The average Bonchev–Trinajstić information content (AvgIpc) is 2.68. The number of phenols is 1. The number of hydrogen-bond acceptors (Lipinski definition) is 3. The molecule has 1 aromatic carbocycles. The van der Waals surface area contributed by atoms with E-state index in [0.717, 1.165) is 29.8 Å². The van der Waals surface area contributed by atoms with Crippen molar-refractivity contribution in [2.75, 3.05) is 13.1 Å². The van der Waals surface area contributed by atoms with Crippen molar-refractivity contribution < 1.29 is 5.11 Å². The highest BCUT2D eigenvalue weighted by Crippen LogP contribution is 2.31. The van der Waals surface area contributed by atoms with E-state index in [1.54, 1.807) is 6.07 Å². The van der Waals surface area contributed by atoms with Gasteiger partial charge in [-0.2, -0.15) is 0 Å². The molecule has 2 aromatic rings. The number of para-hydroxylation sites is 1. The molecule has 3 rings (SSSR count). The van der Waals surface area contributed by atoms with Gasteiger partial charge in [0.15, 0.2) is 4.73 Å². The van der Waals surface area contributed by atoms with Crippen molar-refractivity contribution in [3.63, 3.8) is 0 Å². The molecule has 0 radical (unpaired) electrons. The summed E-state index contributed by atoms with van der Waals surface area (Å²) in [5.74, 6) is 0.241. The van der Waals surface area contributed by atoms with Gasteiger partial charge in [0.1, 0.15) is 11.3 Å². The topological polar surface area (TPSA) is 50.1 Å². The second-order valence-corrected chi connectivity index (χ2v) is 5.11. The number of aromatic nitrogens is 2. The fraction of sp³-hybridized carbons (Fsp3) is 0.417. The molecule has 90 valence electrons.